The van der Waals surface area contributed by atoms with Gasteiger partial charge in [-0.1, -0.05) is 5.16 Å². The molecule has 5 aliphatic rings. The molecule has 1 atom stereocenters. The van der Waals surface area contributed by atoms with E-state index in [1.54, 1.807) is 6.07 Å². The number of hydrogen-bond acceptors (Lipinski definition) is 6. The highest BCUT2D eigenvalue weighted by Crippen LogP contribution is 2.44. The van der Waals surface area contributed by atoms with Crippen molar-refractivity contribution >= 4 is 11.5 Å². The van der Waals surface area contributed by atoms with Gasteiger partial charge < -0.3 is 19.6 Å². The van der Waals surface area contributed by atoms with Crippen LogP contribution < -0.4 is 14.8 Å². The summed E-state index contributed by atoms with van der Waals surface area (Å²) < 4.78 is 35.0. The van der Waals surface area contributed by atoms with Crippen molar-refractivity contribution in [1.82, 2.24) is 4.90 Å². The molecule has 128 valence electrons. The van der Waals surface area contributed by atoms with Crippen LogP contribution in [0.1, 0.15) is 19.3 Å². The predicted octanol–water partition coefficient (Wildman–Crippen LogP) is 2.62. The third-order valence-electron chi connectivity index (χ3n) is 5.32. The number of halogens is 2. The Kier molecular flexibility index (Phi) is 2.81. The average Bonchev–Trinajstić information content (AvgIpc) is 3.07. The van der Waals surface area contributed by atoms with E-state index >= 15 is 0 Å². The fourth-order valence-electron chi connectivity index (χ4n) is 4.18. The number of fused-ring (bicyclic) bond motifs is 3. The van der Waals surface area contributed by atoms with Crippen molar-refractivity contribution in [2.24, 2.45) is 11.1 Å². The summed E-state index contributed by atoms with van der Waals surface area (Å²) >= 11 is 0. The lowest BCUT2D eigenvalue weighted by atomic mass is 9.73. The maximum Gasteiger partial charge on any atom is 0.586 e. The number of nitrogens with one attached hydrogen (secondary N) is 1. The van der Waals surface area contributed by atoms with Gasteiger partial charge in [0.15, 0.2) is 22.9 Å². The van der Waals surface area contributed by atoms with Crippen LogP contribution in [0.3, 0.4) is 0 Å². The third kappa shape index (κ3) is 2.20. The number of benzene rings is 1. The van der Waals surface area contributed by atoms with E-state index in [4.69, 9.17) is 4.84 Å². The van der Waals surface area contributed by atoms with Crippen molar-refractivity contribution in [3.63, 3.8) is 0 Å². The quantitative estimate of drug-likeness (QED) is 0.854. The molecule has 5 heterocycles. The number of amidine groups is 1. The Bertz CT molecular complexity index is 719. The van der Waals surface area contributed by atoms with Crippen LogP contribution in [0.2, 0.25) is 0 Å². The largest absolute Gasteiger partial charge is 0.586 e. The van der Waals surface area contributed by atoms with Crippen molar-refractivity contribution in [3.05, 3.63) is 18.2 Å². The molecule has 8 heteroatoms. The van der Waals surface area contributed by atoms with Gasteiger partial charge in [-0.05, 0) is 38.1 Å². The molecule has 2 bridgehead atoms. The van der Waals surface area contributed by atoms with Gasteiger partial charge in [-0.15, -0.1) is 8.78 Å². The van der Waals surface area contributed by atoms with Gasteiger partial charge in [0, 0.05) is 24.2 Å². The van der Waals surface area contributed by atoms with Gasteiger partial charge >= 0.3 is 6.29 Å². The van der Waals surface area contributed by atoms with E-state index in [-0.39, 0.29) is 17.1 Å². The Hall–Kier alpha value is -2.09. The highest BCUT2D eigenvalue weighted by atomic mass is 19.3. The Balaban J connectivity index is 1.30. The molecule has 1 aromatic carbocycles. The van der Waals surface area contributed by atoms with Gasteiger partial charge in [0.1, 0.15) is 0 Å². The standard InChI is InChI=1S/C16H17F2N3O3/c17-16(18)22-12-2-1-11(7-13(12)23-16)19-14-8-15(24-20-14)9-21-5-3-10(15)4-6-21/h1-2,7,10H,3-6,8-9H2,(H,19,20)/t15-/m0/s1. The molecule has 24 heavy (non-hydrogen) atoms. The molecule has 1 spiro atoms. The first-order valence-electron chi connectivity index (χ1n) is 8.16. The number of piperidine rings is 3. The molecule has 6 nitrogen and oxygen atoms in total. The third-order valence-corrected chi connectivity index (χ3v) is 5.32. The van der Waals surface area contributed by atoms with E-state index in [1.807, 2.05) is 0 Å². The molecule has 0 radical (unpaired) electrons. The van der Waals surface area contributed by atoms with E-state index in [9.17, 15) is 8.78 Å². The lowest BCUT2D eigenvalue weighted by Gasteiger charge is -2.49. The van der Waals surface area contributed by atoms with Crippen molar-refractivity contribution in [2.75, 3.05) is 25.0 Å². The summed E-state index contributed by atoms with van der Waals surface area (Å²) in [4.78, 5) is 8.25. The summed E-state index contributed by atoms with van der Waals surface area (Å²) in [5, 5.41) is 7.36. The van der Waals surface area contributed by atoms with E-state index in [2.05, 4.69) is 24.8 Å². The molecule has 0 saturated carbocycles. The lowest BCUT2D eigenvalue weighted by molar-refractivity contribution is -0.286. The van der Waals surface area contributed by atoms with Crippen LogP contribution in [0.5, 0.6) is 11.5 Å². The van der Waals surface area contributed by atoms with E-state index in [1.165, 1.54) is 12.1 Å². The van der Waals surface area contributed by atoms with Crippen LogP contribution in [0.4, 0.5) is 14.5 Å². The highest BCUT2D eigenvalue weighted by Gasteiger charge is 2.52. The summed E-state index contributed by atoms with van der Waals surface area (Å²) in [7, 11) is 0. The summed E-state index contributed by atoms with van der Waals surface area (Å²) in [5.41, 5.74) is 0.387. The van der Waals surface area contributed by atoms with E-state index in [0.29, 0.717) is 18.0 Å². The summed E-state index contributed by atoms with van der Waals surface area (Å²) in [6.45, 7) is 3.17. The van der Waals surface area contributed by atoms with Crippen LogP contribution >= 0.6 is 0 Å². The van der Waals surface area contributed by atoms with Gasteiger partial charge in [0.05, 0.1) is 6.42 Å². The first kappa shape index (κ1) is 14.3. The van der Waals surface area contributed by atoms with Crippen LogP contribution in [-0.4, -0.2) is 42.3 Å². The zero-order valence-corrected chi connectivity index (χ0v) is 12.9. The smallest absolute Gasteiger partial charge is 0.395 e. The number of oxime groups is 1. The molecule has 0 amide bonds. The van der Waals surface area contributed by atoms with Crippen molar-refractivity contribution in [1.29, 1.82) is 0 Å². The second kappa shape index (κ2) is 4.72. The van der Waals surface area contributed by atoms with Crippen molar-refractivity contribution in [2.45, 2.75) is 31.2 Å². The van der Waals surface area contributed by atoms with Gasteiger partial charge in [-0.25, -0.2) is 0 Å². The Morgan fingerprint density at radius 3 is 2.71 bits per heavy atom. The molecule has 1 N–H and O–H groups in total. The van der Waals surface area contributed by atoms with Crippen LogP contribution in [0.25, 0.3) is 0 Å². The molecule has 6 rings (SSSR count). The molecule has 1 aromatic rings. The summed E-state index contributed by atoms with van der Waals surface area (Å²) in [6, 6.07) is 4.60. The Morgan fingerprint density at radius 1 is 1.17 bits per heavy atom. The summed E-state index contributed by atoms with van der Waals surface area (Å²) in [6.07, 6.45) is -0.614. The average molecular weight is 337 g/mol. The van der Waals surface area contributed by atoms with Crippen LogP contribution in [-0.2, 0) is 4.84 Å². The summed E-state index contributed by atoms with van der Waals surface area (Å²) in [5.74, 6) is 1.29. The molecule has 0 aliphatic carbocycles. The zero-order chi connectivity index (χ0) is 16.4. The molecule has 3 fully saturated rings. The monoisotopic (exact) mass is 337 g/mol. The molecular formula is C16H17F2N3O3. The Labute approximate surface area is 137 Å². The number of rotatable bonds is 1. The van der Waals surface area contributed by atoms with Crippen LogP contribution in [0, 0.1) is 5.92 Å². The molecule has 5 aliphatic heterocycles. The number of alkyl halides is 2. The normalized spacial score (nSPS) is 35.0. The minimum absolute atomic E-state index is 0.0158. The number of nitrogens with zero attached hydrogens (tertiary/aromatic N) is 2. The van der Waals surface area contributed by atoms with E-state index in [0.717, 1.165) is 38.3 Å². The topological polar surface area (TPSA) is 55.3 Å². The molecule has 3 saturated heterocycles. The first-order valence-corrected chi connectivity index (χ1v) is 8.16. The second-order valence-electron chi connectivity index (χ2n) is 6.88. The maximum absolute atomic E-state index is 13.1. The fraction of sp³-hybridized carbons (Fsp3) is 0.562. The predicted molar refractivity (Wildman–Crippen MR) is 81.3 cm³/mol. The van der Waals surface area contributed by atoms with Gasteiger partial charge in [0.2, 0.25) is 0 Å². The number of anilines is 1. The maximum atomic E-state index is 13.1. The zero-order valence-electron chi connectivity index (χ0n) is 12.9. The van der Waals surface area contributed by atoms with Gasteiger partial charge in [-0.3, -0.25) is 4.90 Å². The lowest BCUT2D eigenvalue weighted by Crippen LogP contribution is -2.59. The van der Waals surface area contributed by atoms with Crippen molar-refractivity contribution in [3.8, 4) is 11.5 Å². The minimum Gasteiger partial charge on any atom is -0.395 e. The van der Waals surface area contributed by atoms with Crippen molar-refractivity contribution < 1.29 is 23.1 Å². The number of ether oxygens (including phenoxy) is 2. The minimum atomic E-state index is -3.60. The first-order chi connectivity index (χ1) is 11.5. The fourth-order valence-corrected chi connectivity index (χ4v) is 4.18. The van der Waals surface area contributed by atoms with E-state index < -0.39 is 6.29 Å². The van der Waals surface area contributed by atoms with Gasteiger partial charge in [-0.2, -0.15) is 0 Å². The number of hydrogen-bond donors (Lipinski definition) is 1. The van der Waals surface area contributed by atoms with Gasteiger partial charge in [0.25, 0.3) is 0 Å². The molecular weight excluding hydrogens is 320 g/mol. The second-order valence-corrected chi connectivity index (χ2v) is 6.88. The molecule has 0 unspecified atom stereocenters. The Morgan fingerprint density at radius 2 is 1.96 bits per heavy atom. The van der Waals surface area contributed by atoms with Crippen LogP contribution in [0.15, 0.2) is 23.4 Å². The molecule has 0 aromatic heterocycles. The highest BCUT2D eigenvalue weighted by molar-refractivity contribution is 5.97. The SMILES string of the molecule is FC1(F)Oc2ccc(NC3=NO[C@@]4(C3)CN3CCC4CC3)cc2O1.